The number of methoxy groups -OCH3 is 1. The monoisotopic (exact) mass is 289 g/mol. The molecule has 0 radical (unpaired) electrons. The van der Waals surface area contributed by atoms with Gasteiger partial charge in [-0.1, -0.05) is 6.07 Å². The van der Waals surface area contributed by atoms with Crippen molar-refractivity contribution in [3.8, 4) is 5.75 Å². The Hall–Kier alpha value is -2.63. The van der Waals surface area contributed by atoms with E-state index < -0.39 is 5.82 Å². The van der Waals surface area contributed by atoms with Crippen LogP contribution in [0.4, 0.5) is 4.39 Å². The van der Waals surface area contributed by atoms with E-state index in [1.807, 2.05) is 0 Å². The summed E-state index contributed by atoms with van der Waals surface area (Å²) in [6.07, 6.45) is 6.36. The van der Waals surface area contributed by atoms with Crippen molar-refractivity contribution < 1.29 is 13.9 Å². The third-order valence-corrected chi connectivity index (χ3v) is 2.95. The van der Waals surface area contributed by atoms with Crippen LogP contribution in [0.25, 0.3) is 6.08 Å². The smallest absolute Gasteiger partial charge is 0.246 e. The molecular formula is C15H16FN3O2. The quantitative estimate of drug-likeness (QED) is 0.859. The lowest BCUT2D eigenvalue weighted by molar-refractivity contribution is -0.125. The van der Waals surface area contributed by atoms with Crippen molar-refractivity contribution in [2.75, 3.05) is 14.2 Å². The number of carbonyl (C=O) groups is 1. The van der Waals surface area contributed by atoms with Crippen molar-refractivity contribution in [3.05, 3.63) is 53.6 Å². The van der Waals surface area contributed by atoms with E-state index in [1.54, 1.807) is 36.5 Å². The van der Waals surface area contributed by atoms with Gasteiger partial charge in [-0.05, 0) is 23.8 Å². The number of hydrogen-bond donors (Lipinski definition) is 1. The zero-order chi connectivity index (χ0) is 15.2. The lowest BCUT2D eigenvalue weighted by Crippen LogP contribution is -2.23. The van der Waals surface area contributed by atoms with Gasteiger partial charge in [0.1, 0.15) is 0 Å². The number of likely N-dealkylation sites (N-methyl/N-ethyl adjacent to an activating group) is 1. The molecule has 1 aromatic carbocycles. The molecule has 1 N–H and O–H groups in total. The Kier molecular flexibility index (Phi) is 4.71. The Morgan fingerprint density at radius 1 is 1.52 bits per heavy atom. The fourth-order valence-corrected chi connectivity index (χ4v) is 1.80. The second-order valence-electron chi connectivity index (χ2n) is 4.53. The lowest BCUT2D eigenvalue weighted by atomic mass is 10.2. The summed E-state index contributed by atoms with van der Waals surface area (Å²) in [5.74, 6) is -0.457. The van der Waals surface area contributed by atoms with E-state index in [-0.39, 0.29) is 11.7 Å². The summed E-state index contributed by atoms with van der Waals surface area (Å²) in [4.78, 5) is 13.5. The molecule has 0 atom stereocenters. The van der Waals surface area contributed by atoms with E-state index in [4.69, 9.17) is 4.74 Å². The molecule has 1 aromatic heterocycles. The summed E-state index contributed by atoms with van der Waals surface area (Å²) in [6.45, 7) is 0.455. The first-order valence-electron chi connectivity index (χ1n) is 6.34. The molecule has 0 saturated carbocycles. The molecule has 110 valence electrons. The maximum absolute atomic E-state index is 13.5. The molecule has 0 fully saturated rings. The molecule has 0 bridgehead atoms. The Labute approximate surface area is 122 Å². The predicted molar refractivity (Wildman–Crippen MR) is 77.0 cm³/mol. The first-order valence-corrected chi connectivity index (χ1v) is 6.34. The highest BCUT2D eigenvalue weighted by Gasteiger charge is 2.07. The molecule has 0 saturated heterocycles. The average Bonchev–Trinajstić information content (AvgIpc) is 2.97. The SMILES string of the molecule is COc1ccc(C=CC(=O)N(C)Cc2cn[nH]c2)cc1F. The molecule has 21 heavy (non-hydrogen) atoms. The van der Waals surface area contributed by atoms with Crippen LogP contribution in [0.3, 0.4) is 0 Å². The highest BCUT2D eigenvalue weighted by atomic mass is 19.1. The Balaban J connectivity index is 1.99. The maximum Gasteiger partial charge on any atom is 0.246 e. The summed E-state index contributed by atoms with van der Waals surface area (Å²) in [5.41, 5.74) is 1.51. The van der Waals surface area contributed by atoms with Gasteiger partial charge in [-0.15, -0.1) is 0 Å². The van der Waals surface area contributed by atoms with Gasteiger partial charge >= 0.3 is 0 Å². The van der Waals surface area contributed by atoms with Crippen molar-refractivity contribution in [2.24, 2.45) is 0 Å². The van der Waals surface area contributed by atoms with Crippen molar-refractivity contribution in [1.82, 2.24) is 15.1 Å². The summed E-state index contributed by atoms with van der Waals surface area (Å²) >= 11 is 0. The minimum Gasteiger partial charge on any atom is -0.494 e. The van der Waals surface area contributed by atoms with Crippen LogP contribution in [0.2, 0.25) is 0 Å². The van der Waals surface area contributed by atoms with Crippen molar-refractivity contribution >= 4 is 12.0 Å². The van der Waals surface area contributed by atoms with Crippen molar-refractivity contribution in [1.29, 1.82) is 0 Å². The third kappa shape index (κ3) is 3.92. The van der Waals surface area contributed by atoms with Gasteiger partial charge in [-0.25, -0.2) is 4.39 Å². The second kappa shape index (κ2) is 6.69. The van der Waals surface area contributed by atoms with Gasteiger partial charge in [0.2, 0.25) is 5.91 Å². The number of hydrogen-bond acceptors (Lipinski definition) is 3. The number of aromatic amines is 1. The zero-order valence-electron chi connectivity index (χ0n) is 11.8. The van der Waals surface area contributed by atoms with Gasteiger partial charge in [0.25, 0.3) is 0 Å². The third-order valence-electron chi connectivity index (χ3n) is 2.95. The molecule has 2 rings (SSSR count). The summed E-state index contributed by atoms with van der Waals surface area (Å²) in [5, 5.41) is 6.51. The fraction of sp³-hybridized carbons (Fsp3) is 0.200. The Bertz CT molecular complexity index is 638. The van der Waals surface area contributed by atoms with E-state index in [1.165, 1.54) is 25.3 Å². The number of ether oxygens (including phenoxy) is 1. The highest BCUT2D eigenvalue weighted by molar-refractivity contribution is 5.91. The summed E-state index contributed by atoms with van der Waals surface area (Å²) in [6, 6.07) is 4.52. The van der Waals surface area contributed by atoms with Gasteiger partial charge in [0, 0.05) is 31.4 Å². The number of H-pyrrole nitrogens is 1. The molecule has 1 amide bonds. The summed E-state index contributed by atoms with van der Waals surface area (Å²) < 4.78 is 18.4. The molecule has 0 spiro atoms. The predicted octanol–water partition coefficient (Wildman–Crippen LogP) is 2.23. The standard InChI is InChI=1S/C15H16FN3O2/c1-19(10-12-8-17-18-9-12)15(20)6-4-11-3-5-14(21-2)13(16)7-11/h3-9H,10H2,1-2H3,(H,17,18). The van der Waals surface area contributed by atoms with Gasteiger partial charge in [0.15, 0.2) is 11.6 Å². The van der Waals surface area contributed by atoms with Gasteiger partial charge in [0.05, 0.1) is 13.3 Å². The van der Waals surface area contributed by atoms with E-state index in [0.29, 0.717) is 12.1 Å². The normalized spacial score (nSPS) is 10.8. The van der Waals surface area contributed by atoms with Crippen LogP contribution in [-0.2, 0) is 11.3 Å². The number of amides is 1. The minimum absolute atomic E-state index is 0.174. The van der Waals surface area contributed by atoms with Crippen LogP contribution in [0.5, 0.6) is 5.75 Å². The van der Waals surface area contributed by atoms with Gasteiger partial charge < -0.3 is 9.64 Å². The molecule has 0 aliphatic heterocycles. The number of rotatable bonds is 5. The molecule has 1 heterocycles. The number of halogens is 1. The number of carbonyl (C=O) groups excluding carboxylic acids is 1. The minimum atomic E-state index is -0.459. The van der Waals surface area contributed by atoms with Gasteiger partial charge in [-0.2, -0.15) is 5.10 Å². The average molecular weight is 289 g/mol. The molecule has 0 aliphatic carbocycles. The van der Waals surface area contributed by atoms with Crippen LogP contribution in [0, 0.1) is 5.82 Å². The maximum atomic E-state index is 13.5. The highest BCUT2D eigenvalue weighted by Crippen LogP contribution is 2.18. The zero-order valence-corrected chi connectivity index (χ0v) is 11.8. The topological polar surface area (TPSA) is 58.2 Å². The van der Waals surface area contributed by atoms with Crippen molar-refractivity contribution in [2.45, 2.75) is 6.54 Å². The van der Waals surface area contributed by atoms with E-state index in [2.05, 4.69) is 10.2 Å². The first-order chi connectivity index (χ1) is 10.1. The first kappa shape index (κ1) is 14.8. The Morgan fingerprint density at radius 3 is 2.95 bits per heavy atom. The molecule has 6 heteroatoms. The van der Waals surface area contributed by atoms with Crippen LogP contribution in [0.1, 0.15) is 11.1 Å². The lowest BCUT2D eigenvalue weighted by Gasteiger charge is -2.13. The number of aromatic nitrogens is 2. The number of nitrogens with zero attached hydrogens (tertiary/aromatic N) is 2. The fourth-order valence-electron chi connectivity index (χ4n) is 1.80. The molecule has 5 nitrogen and oxygen atoms in total. The van der Waals surface area contributed by atoms with Crippen molar-refractivity contribution in [3.63, 3.8) is 0 Å². The van der Waals surface area contributed by atoms with Crippen LogP contribution in [0.15, 0.2) is 36.7 Å². The molecular weight excluding hydrogens is 273 g/mol. The molecule has 0 aliphatic rings. The van der Waals surface area contributed by atoms with Crippen LogP contribution < -0.4 is 4.74 Å². The van der Waals surface area contributed by atoms with E-state index >= 15 is 0 Å². The Morgan fingerprint density at radius 2 is 2.33 bits per heavy atom. The van der Waals surface area contributed by atoms with Crippen LogP contribution >= 0.6 is 0 Å². The molecule has 0 unspecified atom stereocenters. The van der Waals surface area contributed by atoms with Crippen LogP contribution in [-0.4, -0.2) is 35.2 Å². The number of benzene rings is 1. The second-order valence-corrected chi connectivity index (χ2v) is 4.53. The largest absolute Gasteiger partial charge is 0.494 e. The molecule has 2 aromatic rings. The van der Waals surface area contributed by atoms with E-state index in [0.717, 1.165) is 5.56 Å². The van der Waals surface area contributed by atoms with Gasteiger partial charge in [-0.3, -0.25) is 9.89 Å². The summed E-state index contributed by atoms with van der Waals surface area (Å²) in [7, 11) is 3.09. The van der Waals surface area contributed by atoms with E-state index in [9.17, 15) is 9.18 Å². The number of nitrogens with one attached hydrogen (secondary N) is 1.